The van der Waals surface area contributed by atoms with E-state index in [2.05, 4.69) is 48.2 Å². The van der Waals surface area contributed by atoms with Crippen LogP contribution in [0.3, 0.4) is 0 Å². The maximum Gasteiger partial charge on any atom is 0.410 e. The molecule has 2 N–H and O–H groups in total. The molecule has 0 unspecified atom stereocenters. The topological polar surface area (TPSA) is 119 Å². The van der Waals surface area contributed by atoms with E-state index >= 15 is 0 Å². The van der Waals surface area contributed by atoms with Crippen LogP contribution in [-0.2, 0) is 17.6 Å². The fourth-order valence-electron chi connectivity index (χ4n) is 3.65. The predicted molar refractivity (Wildman–Crippen MR) is 159 cm³/mol. The largest absolute Gasteiger partial charge is 0.507 e. The number of hydrogen-bond acceptors (Lipinski definition) is 7. The van der Waals surface area contributed by atoms with Crippen molar-refractivity contribution in [1.29, 1.82) is 0 Å². The number of ether oxygens (including phenoxy) is 1. The summed E-state index contributed by atoms with van der Waals surface area (Å²) in [6, 6.07) is 9.92. The first-order chi connectivity index (χ1) is 19.0. The minimum absolute atomic E-state index is 0.300. The van der Waals surface area contributed by atoms with Gasteiger partial charge in [0, 0.05) is 30.0 Å². The van der Waals surface area contributed by atoms with Gasteiger partial charge in [-0.3, -0.25) is 10.1 Å². The molecular weight excluding hydrogens is 510 g/mol. The Morgan fingerprint density at radius 3 is 2.35 bits per heavy atom. The molecule has 0 fully saturated rings. The number of methoxy groups -OCH3 is 1. The van der Waals surface area contributed by atoms with E-state index in [-0.39, 0.29) is 11.3 Å². The van der Waals surface area contributed by atoms with E-state index in [4.69, 9.17) is 8.83 Å². The number of hydrogen-bond donors (Lipinski definition) is 2. The third kappa shape index (κ3) is 11.5. The van der Waals surface area contributed by atoms with E-state index in [0.717, 1.165) is 23.7 Å². The van der Waals surface area contributed by atoms with Gasteiger partial charge in [-0.1, -0.05) is 59.8 Å². The van der Waals surface area contributed by atoms with Gasteiger partial charge in [0.15, 0.2) is 5.78 Å². The SMILES string of the molecule is CC.COC(=O)N/C=C/CCCc1cc(O)c(C(=O)C(C)C)c(=O)o1.Cc1cc2ccc(CCC(C)C)cc2o1. The van der Waals surface area contributed by atoms with Crippen molar-refractivity contribution in [2.45, 2.75) is 80.6 Å². The first-order valence-corrected chi connectivity index (χ1v) is 13.9. The predicted octanol–water partition coefficient (Wildman–Crippen LogP) is 7.73. The molecule has 0 aliphatic rings. The Morgan fingerprint density at radius 2 is 1.75 bits per heavy atom. The molecular formula is C32H45NO7. The number of benzene rings is 1. The second-order valence-corrected chi connectivity index (χ2v) is 9.87. The zero-order valence-electron chi connectivity index (χ0n) is 25.1. The third-order valence-electron chi connectivity index (χ3n) is 5.77. The van der Waals surface area contributed by atoms with Gasteiger partial charge >= 0.3 is 11.7 Å². The Morgan fingerprint density at radius 1 is 1.05 bits per heavy atom. The first-order valence-electron chi connectivity index (χ1n) is 13.9. The lowest BCUT2D eigenvalue weighted by Gasteiger charge is -2.06. The number of alkyl carbamates (subject to hydrolysis) is 1. The number of unbranched alkanes of at least 4 members (excludes halogenated alkanes) is 1. The summed E-state index contributed by atoms with van der Waals surface area (Å²) in [4.78, 5) is 34.4. The maximum atomic E-state index is 11.8. The second-order valence-electron chi connectivity index (χ2n) is 9.87. The van der Waals surface area contributed by atoms with Gasteiger partial charge in [-0.15, -0.1) is 0 Å². The normalized spacial score (nSPS) is 10.8. The number of fused-ring (bicyclic) bond motifs is 1. The molecule has 0 saturated heterocycles. The Kier molecular flexibility index (Phi) is 15.2. The Labute approximate surface area is 237 Å². The van der Waals surface area contributed by atoms with Gasteiger partial charge in [0.1, 0.15) is 28.4 Å². The summed E-state index contributed by atoms with van der Waals surface area (Å²) in [5.74, 6) is 0.867. The van der Waals surface area contributed by atoms with E-state index in [1.165, 1.54) is 36.7 Å². The average Bonchev–Trinajstić information content (AvgIpc) is 3.29. The highest BCUT2D eigenvalue weighted by atomic mass is 16.5. The van der Waals surface area contributed by atoms with Crippen LogP contribution in [0.15, 0.2) is 56.2 Å². The molecule has 0 radical (unpaired) electrons. The summed E-state index contributed by atoms with van der Waals surface area (Å²) < 4.78 is 15.1. The number of amides is 1. The number of carbonyl (C=O) groups is 2. The molecule has 40 heavy (non-hydrogen) atoms. The molecule has 220 valence electrons. The Balaban J connectivity index is 0.000000404. The van der Waals surface area contributed by atoms with Crippen LogP contribution in [-0.4, -0.2) is 24.1 Å². The quantitative estimate of drug-likeness (QED) is 0.194. The van der Waals surface area contributed by atoms with Crippen LogP contribution in [0.2, 0.25) is 0 Å². The highest BCUT2D eigenvalue weighted by molar-refractivity contribution is 5.99. The van der Waals surface area contributed by atoms with Crippen molar-refractivity contribution in [3.8, 4) is 5.75 Å². The molecule has 3 rings (SSSR count). The van der Waals surface area contributed by atoms with Gasteiger partial charge in [-0.2, -0.15) is 0 Å². The second kappa shape index (κ2) is 17.7. The van der Waals surface area contributed by atoms with Crippen molar-refractivity contribution in [2.24, 2.45) is 11.8 Å². The fourth-order valence-corrected chi connectivity index (χ4v) is 3.65. The summed E-state index contributed by atoms with van der Waals surface area (Å²) >= 11 is 0. The van der Waals surface area contributed by atoms with Gasteiger partial charge in [0.05, 0.1) is 7.11 Å². The zero-order valence-corrected chi connectivity index (χ0v) is 25.1. The molecule has 0 aliphatic heterocycles. The maximum absolute atomic E-state index is 11.8. The molecule has 0 spiro atoms. The number of carbonyl (C=O) groups excluding carboxylic acids is 2. The lowest BCUT2D eigenvalue weighted by atomic mass is 10.0. The van der Waals surface area contributed by atoms with E-state index in [0.29, 0.717) is 25.0 Å². The minimum Gasteiger partial charge on any atom is -0.507 e. The number of rotatable bonds is 10. The summed E-state index contributed by atoms with van der Waals surface area (Å²) in [7, 11) is 1.27. The van der Waals surface area contributed by atoms with Crippen LogP contribution in [0.5, 0.6) is 5.75 Å². The molecule has 1 aromatic carbocycles. The molecule has 0 bridgehead atoms. The minimum atomic E-state index is -0.818. The highest BCUT2D eigenvalue weighted by Gasteiger charge is 2.21. The molecule has 0 saturated carbocycles. The Hall–Kier alpha value is -3.81. The first kappa shape index (κ1) is 34.2. The monoisotopic (exact) mass is 555 g/mol. The summed E-state index contributed by atoms with van der Waals surface area (Å²) in [6.45, 7) is 13.8. The number of aromatic hydroxyl groups is 1. The Bertz CT molecular complexity index is 1300. The van der Waals surface area contributed by atoms with Crippen LogP contribution in [0.25, 0.3) is 11.0 Å². The lowest BCUT2D eigenvalue weighted by molar-refractivity contribution is 0.0931. The van der Waals surface area contributed by atoms with E-state index in [1.54, 1.807) is 19.9 Å². The van der Waals surface area contributed by atoms with Crippen molar-refractivity contribution < 1.29 is 28.3 Å². The van der Waals surface area contributed by atoms with Gasteiger partial charge in [-0.25, -0.2) is 9.59 Å². The van der Waals surface area contributed by atoms with Crippen LogP contribution < -0.4 is 10.9 Å². The van der Waals surface area contributed by atoms with Crippen molar-refractivity contribution in [1.82, 2.24) is 5.32 Å². The van der Waals surface area contributed by atoms with Crippen LogP contribution in [0, 0.1) is 18.8 Å². The van der Waals surface area contributed by atoms with Crippen LogP contribution in [0.1, 0.15) is 88.2 Å². The van der Waals surface area contributed by atoms with Crippen molar-refractivity contribution in [2.75, 3.05) is 7.11 Å². The number of aryl methyl sites for hydroxylation is 3. The van der Waals surface area contributed by atoms with Crippen LogP contribution >= 0.6 is 0 Å². The van der Waals surface area contributed by atoms with Crippen molar-refractivity contribution in [3.63, 3.8) is 0 Å². The zero-order chi connectivity index (χ0) is 30.2. The molecule has 8 heteroatoms. The van der Waals surface area contributed by atoms with Gasteiger partial charge in [-0.05, 0) is 56.2 Å². The number of ketones is 1. The van der Waals surface area contributed by atoms with Gasteiger partial charge in [0.2, 0.25) is 0 Å². The highest BCUT2D eigenvalue weighted by Crippen LogP contribution is 2.22. The van der Waals surface area contributed by atoms with E-state index < -0.39 is 23.4 Å². The average molecular weight is 556 g/mol. The van der Waals surface area contributed by atoms with E-state index in [1.807, 2.05) is 20.8 Å². The van der Waals surface area contributed by atoms with Crippen molar-refractivity contribution in [3.05, 3.63) is 75.7 Å². The van der Waals surface area contributed by atoms with Gasteiger partial charge < -0.3 is 18.7 Å². The number of furan rings is 1. The smallest absolute Gasteiger partial charge is 0.410 e. The third-order valence-corrected chi connectivity index (χ3v) is 5.77. The summed E-state index contributed by atoms with van der Waals surface area (Å²) in [5, 5.41) is 13.5. The molecule has 2 heterocycles. The lowest BCUT2D eigenvalue weighted by Crippen LogP contribution is -2.19. The molecule has 3 aromatic rings. The number of allylic oxidation sites excluding steroid dienone is 1. The molecule has 2 aromatic heterocycles. The molecule has 0 atom stereocenters. The fraction of sp³-hybridized carbons (Fsp3) is 0.469. The standard InChI is InChI=1S/C16H21NO6.C14H18O.C2H6/c1-10(2)14(19)13-12(18)9-11(23-15(13)20)7-5-4-6-8-17-16(21)22-3;1-10(2)4-5-12-6-7-13-8-11(3)15-14(13)9-12;1-2/h6,8-10,18H,4-5,7H2,1-3H3,(H,17,21);6-10H,4-5H2,1-3H3;1-2H3/b8-6+;;. The molecule has 0 aliphatic carbocycles. The number of Topliss-reactive ketones (excluding diaryl/α,β-unsaturated/α-hetero) is 1. The van der Waals surface area contributed by atoms with E-state index in [9.17, 15) is 19.5 Å². The summed E-state index contributed by atoms with van der Waals surface area (Å²) in [5.41, 5.74) is 1.28. The van der Waals surface area contributed by atoms with Gasteiger partial charge in [0.25, 0.3) is 0 Å². The van der Waals surface area contributed by atoms with Crippen LogP contribution in [0.4, 0.5) is 4.79 Å². The van der Waals surface area contributed by atoms with Crippen molar-refractivity contribution >= 4 is 22.8 Å². The number of nitrogens with one attached hydrogen (secondary N) is 1. The molecule has 1 amide bonds. The summed E-state index contributed by atoms with van der Waals surface area (Å²) in [6.07, 6.45) is 6.71. The molecule has 8 nitrogen and oxygen atoms in total.